The molecular weight excluding hydrogens is 432 g/mol. The van der Waals surface area contributed by atoms with Gasteiger partial charge in [-0.3, -0.25) is 14.3 Å². The predicted octanol–water partition coefficient (Wildman–Crippen LogP) is 3.94. The van der Waals surface area contributed by atoms with E-state index < -0.39 is 0 Å². The molecule has 33 heavy (non-hydrogen) atoms. The highest BCUT2D eigenvalue weighted by Crippen LogP contribution is 2.30. The first kappa shape index (κ1) is 23.1. The maximum absolute atomic E-state index is 12.6. The Labute approximate surface area is 199 Å². The van der Waals surface area contributed by atoms with Crippen molar-refractivity contribution in [2.45, 2.75) is 55.6 Å². The lowest BCUT2D eigenvalue weighted by molar-refractivity contribution is -0.122. The number of benzene rings is 2. The molecule has 0 spiro atoms. The summed E-state index contributed by atoms with van der Waals surface area (Å²) in [6.45, 7) is 1.15. The van der Waals surface area contributed by atoms with E-state index in [0.29, 0.717) is 32.4 Å². The van der Waals surface area contributed by atoms with Gasteiger partial charge in [0.1, 0.15) is 0 Å². The van der Waals surface area contributed by atoms with Gasteiger partial charge in [-0.05, 0) is 48.8 Å². The first-order valence-corrected chi connectivity index (χ1v) is 12.5. The molecule has 172 valence electrons. The van der Waals surface area contributed by atoms with E-state index >= 15 is 0 Å². The smallest absolute Gasteiger partial charge is 0.220 e. The minimum atomic E-state index is -0.351. The standard InChI is InChI=1S/C26H30N4O2S/c1-33-23-9-7-20(8-10-23)15-26(14-12-25(32)29-26)13-11-24(31)27-16-22-17-28-30(19-22)18-21-5-3-2-4-6-21/h2-10,17,19H,11-16,18H2,1H3,(H,27,31)(H,29,32)/t26-/m1/s1. The second kappa shape index (κ2) is 10.7. The van der Waals surface area contributed by atoms with Crippen molar-refractivity contribution in [3.63, 3.8) is 0 Å². The number of hydrogen-bond acceptors (Lipinski definition) is 4. The molecule has 3 aromatic rings. The van der Waals surface area contributed by atoms with E-state index in [2.05, 4.69) is 58.4 Å². The summed E-state index contributed by atoms with van der Waals surface area (Å²) in [5.74, 6) is 0.0611. The minimum absolute atomic E-state index is 0.0101. The third-order valence-electron chi connectivity index (χ3n) is 6.13. The van der Waals surface area contributed by atoms with Crippen LogP contribution in [0.25, 0.3) is 0 Å². The van der Waals surface area contributed by atoms with Gasteiger partial charge in [0.25, 0.3) is 0 Å². The van der Waals surface area contributed by atoms with Crippen molar-refractivity contribution in [2.24, 2.45) is 0 Å². The predicted molar refractivity (Wildman–Crippen MR) is 131 cm³/mol. The number of nitrogens with zero attached hydrogens (tertiary/aromatic N) is 2. The number of amides is 2. The molecule has 1 aliphatic rings. The van der Waals surface area contributed by atoms with Gasteiger partial charge in [-0.15, -0.1) is 11.8 Å². The zero-order valence-electron chi connectivity index (χ0n) is 18.9. The van der Waals surface area contributed by atoms with Crippen molar-refractivity contribution >= 4 is 23.6 Å². The topological polar surface area (TPSA) is 76.0 Å². The fraction of sp³-hybridized carbons (Fsp3) is 0.346. The molecule has 6 nitrogen and oxygen atoms in total. The molecule has 1 aromatic heterocycles. The van der Waals surface area contributed by atoms with Crippen molar-refractivity contribution in [1.29, 1.82) is 0 Å². The Bertz CT molecular complexity index is 1080. The lowest BCUT2D eigenvalue weighted by Gasteiger charge is -2.29. The minimum Gasteiger partial charge on any atom is -0.352 e. The van der Waals surface area contributed by atoms with Gasteiger partial charge in [-0.25, -0.2) is 0 Å². The van der Waals surface area contributed by atoms with Crippen molar-refractivity contribution in [3.05, 3.63) is 83.7 Å². The normalized spacial score (nSPS) is 17.7. The Kier molecular flexibility index (Phi) is 7.50. The number of carbonyl (C=O) groups is 2. The first-order valence-electron chi connectivity index (χ1n) is 11.3. The molecule has 0 radical (unpaired) electrons. The third-order valence-corrected chi connectivity index (χ3v) is 6.87. The molecule has 1 saturated heterocycles. The molecule has 2 amide bonds. The van der Waals surface area contributed by atoms with Crippen LogP contribution in [0.1, 0.15) is 42.4 Å². The fourth-order valence-corrected chi connectivity index (χ4v) is 4.72. The van der Waals surface area contributed by atoms with Crippen LogP contribution in [-0.4, -0.2) is 33.4 Å². The van der Waals surface area contributed by atoms with Gasteiger partial charge in [0, 0.05) is 41.6 Å². The van der Waals surface area contributed by atoms with Crippen molar-refractivity contribution in [3.8, 4) is 0 Å². The zero-order chi connectivity index (χ0) is 23.1. The van der Waals surface area contributed by atoms with Gasteiger partial charge in [0.05, 0.1) is 12.7 Å². The number of nitrogens with one attached hydrogen (secondary N) is 2. The van der Waals surface area contributed by atoms with E-state index in [4.69, 9.17) is 0 Å². The summed E-state index contributed by atoms with van der Waals surface area (Å²) in [5.41, 5.74) is 2.98. The monoisotopic (exact) mass is 462 g/mol. The SMILES string of the molecule is CSc1ccc(C[C@@]2(CCC(=O)NCc3cnn(Cc4ccccc4)c3)CCC(=O)N2)cc1. The van der Waals surface area contributed by atoms with Gasteiger partial charge >= 0.3 is 0 Å². The van der Waals surface area contributed by atoms with Crippen LogP contribution in [0.15, 0.2) is 71.9 Å². The van der Waals surface area contributed by atoms with Gasteiger partial charge < -0.3 is 10.6 Å². The van der Waals surface area contributed by atoms with Crippen LogP contribution in [0, 0.1) is 0 Å². The summed E-state index contributed by atoms with van der Waals surface area (Å²) < 4.78 is 1.88. The van der Waals surface area contributed by atoms with Gasteiger partial charge in [-0.2, -0.15) is 5.10 Å². The van der Waals surface area contributed by atoms with E-state index in [1.54, 1.807) is 18.0 Å². The Morgan fingerprint density at radius 1 is 1.12 bits per heavy atom. The van der Waals surface area contributed by atoms with E-state index in [0.717, 1.165) is 18.4 Å². The Morgan fingerprint density at radius 3 is 2.61 bits per heavy atom. The molecule has 7 heteroatoms. The molecule has 0 aliphatic carbocycles. The summed E-state index contributed by atoms with van der Waals surface area (Å²) in [7, 11) is 0. The summed E-state index contributed by atoms with van der Waals surface area (Å²) >= 11 is 1.71. The molecule has 1 fully saturated rings. The number of carbonyl (C=O) groups excluding carboxylic acids is 2. The van der Waals surface area contributed by atoms with Crippen LogP contribution in [0.3, 0.4) is 0 Å². The molecule has 1 atom stereocenters. The quantitative estimate of drug-likeness (QED) is 0.448. The number of aromatic nitrogens is 2. The number of thioether (sulfide) groups is 1. The van der Waals surface area contributed by atoms with Crippen molar-refractivity contribution in [1.82, 2.24) is 20.4 Å². The Balaban J connectivity index is 1.28. The van der Waals surface area contributed by atoms with E-state index in [9.17, 15) is 9.59 Å². The van der Waals surface area contributed by atoms with E-state index in [-0.39, 0.29) is 17.4 Å². The molecule has 0 bridgehead atoms. The van der Waals surface area contributed by atoms with Crippen molar-refractivity contribution < 1.29 is 9.59 Å². The van der Waals surface area contributed by atoms with Crippen molar-refractivity contribution in [2.75, 3.05) is 6.26 Å². The van der Waals surface area contributed by atoms with Gasteiger partial charge in [0.15, 0.2) is 0 Å². The second-order valence-corrected chi connectivity index (χ2v) is 9.54. The summed E-state index contributed by atoms with van der Waals surface area (Å²) in [4.78, 5) is 25.8. The van der Waals surface area contributed by atoms with Crippen LogP contribution >= 0.6 is 11.8 Å². The summed E-state index contributed by atoms with van der Waals surface area (Å²) in [6.07, 6.45) is 8.84. The summed E-state index contributed by atoms with van der Waals surface area (Å²) in [6, 6.07) is 18.6. The van der Waals surface area contributed by atoms with E-state index in [1.165, 1.54) is 16.0 Å². The highest BCUT2D eigenvalue weighted by molar-refractivity contribution is 7.98. The maximum Gasteiger partial charge on any atom is 0.220 e. The second-order valence-electron chi connectivity index (χ2n) is 8.66. The maximum atomic E-state index is 12.6. The van der Waals surface area contributed by atoms with Crippen LogP contribution in [0.5, 0.6) is 0 Å². The lowest BCUT2D eigenvalue weighted by Crippen LogP contribution is -2.44. The van der Waals surface area contributed by atoms with Gasteiger partial charge in [0.2, 0.25) is 11.8 Å². The van der Waals surface area contributed by atoms with Gasteiger partial charge in [-0.1, -0.05) is 42.5 Å². The Hall–Kier alpha value is -3.06. The molecule has 4 rings (SSSR count). The van der Waals surface area contributed by atoms with Crippen LogP contribution in [0.2, 0.25) is 0 Å². The lowest BCUT2D eigenvalue weighted by atomic mass is 9.85. The fourth-order valence-electron chi connectivity index (χ4n) is 4.31. The van der Waals surface area contributed by atoms with Crippen LogP contribution in [0.4, 0.5) is 0 Å². The highest BCUT2D eigenvalue weighted by Gasteiger charge is 2.37. The highest BCUT2D eigenvalue weighted by atomic mass is 32.2. The molecular formula is C26H30N4O2S. The number of rotatable bonds is 10. The van der Waals surface area contributed by atoms with Crippen LogP contribution < -0.4 is 10.6 Å². The Morgan fingerprint density at radius 2 is 1.91 bits per heavy atom. The molecule has 2 aromatic carbocycles. The molecule has 1 aliphatic heterocycles. The average molecular weight is 463 g/mol. The molecule has 0 saturated carbocycles. The van der Waals surface area contributed by atoms with Crippen LogP contribution in [-0.2, 0) is 29.1 Å². The third kappa shape index (κ3) is 6.48. The number of hydrogen-bond donors (Lipinski definition) is 2. The first-order chi connectivity index (χ1) is 16.0. The van der Waals surface area contributed by atoms with E-state index in [1.807, 2.05) is 29.1 Å². The average Bonchev–Trinajstić information content (AvgIpc) is 3.44. The molecule has 2 N–H and O–H groups in total. The molecule has 0 unspecified atom stereocenters. The molecule has 2 heterocycles. The largest absolute Gasteiger partial charge is 0.352 e. The zero-order valence-corrected chi connectivity index (χ0v) is 19.7. The summed E-state index contributed by atoms with van der Waals surface area (Å²) in [5, 5.41) is 10.6.